The Labute approximate surface area is 140 Å². The number of hydrogen-bond donors (Lipinski definition) is 0. The van der Waals surface area contributed by atoms with Gasteiger partial charge in [0.2, 0.25) is 0 Å². The van der Waals surface area contributed by atoms with Crippen LogP contribution in [0.1, 0.15) is 30.0 Å². The van der Waals surface area contributed by atoms with Gasteiger partial charge < -0.3 is 4.90 Å². The minimum Gasteiger partial charge on any atom is -0.353 e. The normalized spacial score (nSPS) is 18.8. The summed E-state index contributed by atoms with van der Waals surface area (Å²) in [6.07, 6.45) is 2.45. The van der Waals surface area contributed by atoms with Gasteiger partial charge in [0, 0.05) is 44.2 Å². The summed E-state index contributed by atoms with van der Waals surface area (Å²) in [5, 5.41) is 8.67. The van der Waals surface area contributed by atoms with Crippen LogP contribution in [0.5, 0.6) is 0 Å². The Kier molecular flexibility index (Phi) is 4.14. The van der Waals surface area contributed by atoms with Gasteiger partial charge in [-0.25, -0.2) is 8.78 Å². The van der Waals surface area contributed by atoms with Crippen molar-refractivity contribution in [2.75, 3.05) is 31.1 Å². The van der Waals surface area contributed by atoms with Crippen LogP contribution in [0.15, 0.2) is 30.3 Å². The van der Waals surface area contributed by atoms with E-state index in [2.05, 4.69) is 26.1 Å². The highest BCUT2D eigenvalue weighted by Crippen LogP contribution is 2.38. The second-order valence-corrected chi connectivity index (χ2v) is 6.59. The molecule has 1 saturated heterocycles. The molecule has 6 heteroatoms. The van der Waals surface area contributed by atoms with Gasteiger partial charge in [-0.05, 0) is 43.2 Å². The summed E-state index contributed by atoms with van der Waals surface area (Å²) in [6, 6.07) is 7.75. The molecule has 2 aliphatic rings. The Bertz CT molecular complexity index is 707. The van der Waals surface area contributed by atoms with E-state index in [9.17, 15) is 8.78 Å². The molecule has 0 N–H and O–H groups in total. The molecule has 1 aliphatic heterocycles. The molecule has 1 aromatic heterocycles. The Morgan fingerprint density at radius 1 is 0.958 bits per heavy atom. The van der Waals surface area contributed by atoms with E-state index in [1.807, 2.05) is 6.07 Å². The highest BCUT2D eigenvalue weighted by atomic mass is 19.1. The lowest BCUT2D eigenvalue weighted by molar-refractivity contribution is 0.245. The predicted molar refractivity (Wildman–Crippen MR) is 87.9 cm³/mol. The zero-order valence-corrected chi connectivity index (χ0v) is 13.5. The number of anilines is 1. The number of rotatable bonds is 4. The van der Waals surface area contributed by atoms with E-state index in [1.54, 1.807) is 0 Å². The quantitative estimate of drug-likeness (QED) is 0.863. The number of benzene rings is 1. The molecule has 2 heterocycles. The maximum atomic E-state index is 13.8. The number of piperazine rings is 1. The third-order valence-electron chi connectivity index (χ3n) is 4.76. The molecule has 2 aromatic rings. The Hall–Kier alpha value is -2.08. The molecule has 2 fully saturated rings. The summed E-state index contributed by atoms with van der Waals surface area (Å²) in [5.74, 6) is 0.775. The molecule has 0 amide bonds. The summed E-state index contributed by atoms with van der Waals surface area (Å²) < 4.78 is 27.0. The second kappa shape index (κ2) is 6.43. The largest absolute Gasteiger partial charge is 0.353 e. The second-order valence-electron chi connectivity index (χ2n) is 6.59. The van der Waals surface area contributed by atoms with E-state index < -0.39 is 5.82 Å². The Morgan fingerprint density at radius 2 is 1.75 bits per heavy atom. The average Bonchev–Trinajstić information content (AvgIpc) is 3.44. The van der Waals surface area contributed by atoms with E-state index >= 15 is 0 Å². The van der Waals surface area contributed by atoms with Gasteiger partial charge in [0.25, 0.3) is 0 Å². The highest BCUT2D eigenvalue weighted by Gasteiger charge is 2.26. The molecule has 0 bridgehead atoms. The van der Waals surface area contributed by atoms with Crippen molar-refractivity contribution in [3.8, 4) is 0 Å². The number of halogens is 2. The SMILES string of the molecule is Fc1ccc(F)c(CN2CCN(c3ccc(C4CC4)nn3)CC2)c1. The van der Waals surface area contributed by atoms with Crippen molar-refractivity contribution in [2.24, 2.45) is 0 Å². The fourth-order valence-corrected chi connectivity index (χ4v) is 3.14. The molecule has 0 spiro atoms. The van der Waals surface area contributed by atoms with Crippen molar-refractivity contribution in [3.05, 3.63) is 53.2 Å². The molecule has 1 aromatic carbocycles. The summed E-state index contributed by atoms with van der Waals surface area (Å²) >= 11 is 0. The van der Waals surface area contributed by atoms with Crippen molar-refractivity contribution >= 4 is 5.82 Å². The monoisotopic (exact) mass is 330 g/mol. The van der Waals surface area contributed by atoms with Crippen LogP contribution in [0.2, 0.25) is 0 Å². The number of hydrogen-bond acceptors (Lipinski definition) is 4. The van der Waals surface area contributed by atoms with Gasteiger partial charge in [0.05, 0.1) is 5.69 Å². The fraction of sp³-hybridized carbons (Fsp3) is 0.444. The summed E-state index contributed by atoms with van der Waals surface area (Å²) in [5.41, 5.74) is 1.51. The van der Waals surface area contributed by atoms with Gasteiger partial charge in [-0.15, -0.1) is 5.10 Å². The van der Waals surface area contributed by atoms with Crippen molar-refractivity contribution in [3.63, 3.8) is 0 Å². The third kappa shape index (κ3) is 3.38. The van der Waals surface area contributed by atoms with Crippen LogP contribution < -0.4 is 4.90 Å². The van der Waals surface area contributed by atoms with Crippen molar-refractivity contribution < 1.29 is 8.78 Å². The van der Waals surface area contributed by atoms with Crippen molar-refractivity contribution in [1.82, 2.24) is 15.1 Å². The molecule has 4 nitrogen and oxygen atoms in total. The average molecular weight is 330 g/mol. The first-order valence-electron chi connectivity index (χ1n) is 8.44. The molecular weight excluding hydrogens is 310 g/mol. The smallest absolute Gasteiger partial charge is 0.151 e. The van der Waals surface area contributed by atoms with Crippen molar-refractivity contribution in [1.29, 1.82) is 0 Å². The minimum absolute atomic E-state index is 0.347. The fourth-order valence-electron chi connectivity index (χ4n) is 3.14. The van der Waals surface area contributed by atoms with Crippen LogP contribution in [0.4, 0.5) is 14.6 Å². The van der Waals surface area contributed by atoms with Gasteiger partial charge in [-0.2, -0.15) is 5.10 Å². The lowest BCUT2D eigenvalue weighted by Crippen LogP contribution is -2.46. The molecular formula is C18H20F2N4. The lowest BCUT2D eigenvalue weighted by Gasteiger charge is -2.35. The first-order valence-corrected chi connectivity index (χ1v) is 8.44. The molecule has 1 saturated carbocycles. The first-order chi connectivity index (χ1) is 11.7. The number of nitrogens with zero attached hydrogens (tertiary/aromatic N) is 4. The maximum Gasteiger partial charge on any atom is 0.151 e. The molecule has 1 aliphatic carbocycles. The topological polar surface area (TPSA) is 32.3 Å². The van der Waals surface area contributed by atoms with Crippen LogP contribution >= 0.6 is 0 Å². The third-order valence-corrected chi connectivity index (χ3v) is 4.76. The van der Waals surface area contributed by atoms with E-state index in [4.69, 9.17) is 0 Å². The summed E-state index contributed by atoms with van der Waals surface area (Å²) in [7, 11) is 0. The van der Waals surface area contributed by atoms with Crippen molar-refractivity contribution in [2.45, 2.75) is 25.3 Å². The maximum absolute atomic E-state index is 13.8. The number of aromatic nitrogens is 2. The van der Waals surface area contributed by atoms with Gasteiger partial charge in [0.1, 0.15) is 11.6 Å². The summed E-state index contributed by atoms with van der Waals surface area (Å²) in [4.78, 5) is 4.34. The van der Waals surface area contributed by atoms with Crippen LogP contribution in [0.3, 0.4) is 0 Å². The summed E-state index contributed by atoms with van der Waals surface area (Å²) in [6.45, 7) is 3.65. The minimum atomic E-state index is -0.393. The van der Waals surface area contributed by atoms with Gasteiger partial charge >= 0.3 is 0 Å². The standard InChI is InChI=1S/C18H20F2N4/c19-15-3-4-16(20)14(11-15)12-23-7-9-24(10-8-23)18-6-5-17(21-22-18)13-1-2-13/h3-6,11,13H,1-2,7-10,12H2. The van der Waals surface area contributed by atoms with Crippen LogP contribution in [0.25, 0.3) is 0 Å². The van der Waals surface area contributed by atoms with Crippen LogP contribution in [0, 0.1) is 11.6 Å². The lowest BCUT2D eigenvalue weighted by atomic mass is 10.1. The zero-order valence-electron chi connectivity index (χ0n) is 13.5. The van der Waals surface area contributed by atoms with E-state index in [0.717, 1.165) is 43.8 Å². The van der Waals surface area contributed by atoms with E-state index in [-0.39, 0.29) is 5.82 Å². The molecule has 126 valence electrons. The van der Waals surface area contributed by atoms with E-state index in [1.165, 1.54) is 25.0 Å². The highest BCUT2D eigenvalue weighted by molar-refractivity contribution is 5.38. The van der Waals surface area contributed by atoms with E-state index in [0.29, 0.717) is 18.0 Å². The Balaban J connectivity index is 1.35. The Morgan fingerprint density at radius 3 is 2.42 bits per heavy atom. The predicted octanol–water partition coefficient (Wildman–Crippen LogP) is 2.95. The van der Waals surface area contributed by atoms with Gasteiger partial charge in [0.15, 0.2) is 5.82 Å². The molecule has 0 unspecified atom stereocenters. The zero-order chi connectivity index (χ0) is 16.5. The van der Waals surface area contributed by atoms with Crippen LogP contribution in [-0.2, 0) is 6.54 Å². The molecule has 4 rings (SSSR count). The molecule has 24 heavy (non-hydrogen) atoms. The first kappa shape index (κ1) is 15.4. The molecule has 0 radical (unpaired) electrons. The van der Waals surface area contributed by atoms with Crippen LogP contribution in [-0.4, -0.2) is 41.3 Å². The van der Waals surface area contributed by atoms with Gasteiger partial charge in [-0.1, -0.05) is 0 Å². The molecule has 0 atom stereocenters. The van der Waals surface area contributed by atoms with Gasteiger partial charge in [-0.3, -0.25) is 4.90 Å².